The van der Waals surface area contributed by atoms with E-state index in [0.29, 0.717) is 6.54 Å². The molecule has 2 heteroatoms. The summed E-state index contributed by atoms with van der Waals surface area (Å²) in [6.45, 7) is 0.473. The number of hydrogen-bond acceptors (Lipinski definition) is 2. The lowest BCUT2D eigenvalue weighted by Crippen LogP contribution is -2.08. The van der Waals surface area contributed by atoms with Gasteiger partial charge in [-0.25, -0.2) is 0 Å². The molecule has 0 fully saturated rings. The molecule has 1 aromatic rings. The van der Waals surface area contributed by atoms with Gasteiger partial charge in [-0.2, -0.15) is 5.06 Å². The van der Waals surface area contributed by atoms with E-state index in [1.165, 1.54) is 0 Å². The second kappa shape index (κ2) is 3.34. The summed E-state index contributed by atoms with van der Waals surface area (Å²) in [6, 6.07) is 9.68. The van der Waals surface area contributed by atoms with Crippen LogP contribution in [-0.2, 0) is 6.54 Å². The summed E-state index contributed by atoms with van der Waals surface area (Å²) in [5.41, 5.74) is 1.06. The monoisotopic (exact) mass is 136 g/mol. The average Bonchev–Trinajstić information content (AvgIpc) is 1.88. The fourth-order valence-electron chi connectivity index (χ4n) is 0.794. The van der Waals surface area contributed by atoms with Gasteiger partial charge in [0.15, 0.2) is 0 Å². The van der Waals surface area contributed by atoms with Gasteiger partial charge >= 0.3 is 0 Å². The molecule has 0 unspecified atom stereocenters. The molecule has 1 radical (unpaired) electrons. The molecule has 2 nitrogen and oxygen atoms in total. The molecule has 0 aliphatic carbocycles. The molecular weight excluding hydrogens is 126 g/mol. The molecule has 0 aromatic heterocycles. The maximum absolute atomic E-state index is 8.73. The molecule has 0 amide bonds. The largest absolute Gasteiger partial charge is 0.314 e. The van der Waals surface area contributed by atoms with Gasteiger partial charge in [0.05, 0.1) is 0 Å². The Morgan fingerprint density at radius 1 is 1.30 bits per heavy atom. The molecule has 0 heterocycles. The Balaban J connectivity index is 2.59. The van der Waals surface area contributed by atoms with Crippen molar-refractivity contribution in [3.05, 3.63) is 42.9 Å². The van der Waals surface area contributed by atoms with Gasteiger partial charge in [0, 0.05) is 13.6 Å². The molecule has 0 spiro atoms. The highest BCUT2D eigenvalue weighted by molar-refractivity contribution is 5.13. The highest BCUT2D eigenvalue weighted by atomic mass is 16.5. The molecule has 0 saturated carbocycles. The van der Waals surface area contributed by atoms with Crippen LogP contribution in [0.3, 0.4) is 0 Å². The Labute approximate surface area is 60.7 Å². The van der Waals surface area contributed by atoms with E-state index in [0.717, 1.165) is 10.6 Å². The molecular formula is C8H10NO. The number of hydrogen-bond donors (Lipinski definition) is 1. The van der Waals surface area contributed by atoms with Crippen LogP contribution in [0.15, 0.2) is 30.3 Å². The van der Waals surface area contributed by atoms with Crippen LogP contribution in [0, 0.1) is 7.05 Å². The van der Waals surface area contributed by atoms with Crippen LogP contribution in [0.4, 0.5) is 0 Å². The van der Waals surface area contributed by atoms with Crippen molar-refractivity contribution in [1.82, 2.24) is 5.06 Å². The maximum atomic E-state index is 8.73. The zero-order chi connectivity index (χ0) is 7.40. The summed E-state index contributed by atoms with van der Waals surface area (Å²) < 4.78 is 0. The highest BCUT2D eigenvalue weighted by Crippen LogP contribution is 2.00. The molecule has 0 atom stereocenters. The van der Waals surface area contributed by atoms with Crippen LogP contribution >= 0.6 is 0 Å². The van der Waals surface area contributed by atoms with Gasteiger partial charge in [-0.05, 0) is 5.56 Å². The molecule has 1 rings (SSSR count). The van der Waals surface area contributed by atoms with Crippen LogP contribution in [0.25, 0.3) is 0 Å². The fourth-order valence-corrected chi connectivity index (χ4v) is 0.794. The third kappa shape index (κ3) is 2.17. The van der Waals surface area contributed by atoms with Crippen molar-refractivity contribution in [3.8, 4) is 0 Å². The molecule has 0 saturated heterocycles. The first-order valence-corrected chi connectivity index (χ1v) is 3.10. The van der Waals surface area contributed by atoms with E-state index < -0.39 is 0 Å². The van der Waals surface area contributed by atoms with Crippen molar-refractivity contribution in [3.63, 3.8) is 0 Å². The van der Waals surface area contributed by atoms with Crippen LogP contribution < -0.4 is 0 Å². The average molecular weight is 136 g/mol. The lowest BCUT2D eigenvalue weighted by molar-refractivity contribution is -0.0529. The predicted octanol–water partition coefficient (Wildman–Crippen LogP) is 1.67. The maximum Gasteiger partial charge on any atom is 0.0489 e. The van der Waals surface area contributed by atoms with E-state index in [-0.39, 0.29) is 0 Å². The summed E-state index contributed by atoms with van der Waals surface area (Å²) in [7, 11) is 3.32. The third-order valence-corrected chi connectivity index (χ3v) is 1.21. The van der Waals surface area contributed by atoms with Crippen molar-refractivity contribution >= 4 is 0 Å². The highest BCUT2D eigenvalue weighted by Gasteiger charge is 1.92. The zero-order valence-electron chi connectivity index (χ0n) is 5.70. The summed E-state index contributed by atoms with van der Waals surface area (Å²) >= 11 is 0. The SMILES string of the molecule is [CH2]N(O)Cc1ccccc1. The summed E-state index contributed by atoms with van der Waals surface area (Å²) in [4.78, 5) is 0. The van der Waals surface area contributed by atoms with Gasteiger partial charge in [0.25, 0.3) is 0 Å². The van der Waals surface area contributed by atoms with Crippen LogP contribution in [-0.4, -0.2) is 10.3 Å². The fraction of sp³-hybridized carbons (Fsp3) is 0.125. The van der Waals surface area contributed by atoms with Gasteiger partial charge in [-0.3, -0.25) is 0 Å². The lowest BCUT2D eigenvalue weighted by Gasteiger charge is -2.05. The molecule has 10 heavy (non-hydrogen) atoms. The van der Waals surface area contributed by atoms with Crippen molar-refractivity contribution in [1.29, 1.82) is 0 Å². The van der Waals surface area contributed by atoms with Crippen molar-refractivity contribution in [2.45, 2.75) is 6.54 Å². The Morgan fingerprint density at radius 2 is 1.90 bits per heavy atom. The second-order valence-corrected chi connectivity index (χ2v) is 2.15. The van der Waals surface area contributed by atoms with Crippen molar-refractivity contribution in [2.75, 3.05) is 0 Å². The standard InChI is InChI=1S/C8H10NO/c1-9(10)7-8-5-3-2-4-6-8/h2-6,10H,1,7H2. The Hall–Kier alpha value is -0.860. The molecule has 0 aliphatic rings. The van der Waals surface area contributed by atoms with Gasteiger partial charge < -0.3 is 5.21 Å². The first kappa shape index (κ1) is 7.25. The smallest absolute Gasteiger partial charge is 0.0489 e. The topological polar surface area (TPSA) is 23.5 Å². The minimum Gasteiger partial charge on any atom is -0.314 e. The molecule has 1 aromatic carbocycles. The van der Waals surface area contributed by atoms with E-state index in [1.807, 2.05) is 30.3 Å². The first-order chi connectivity index (χ1) is 4.79. The zero-order valence-corrected chi connectivity index (χ0v) is 5.70. The van der Waals surface area contributed by atoms with Gasteiger partial charge in [0.2, 0.25) is 0 Å². The Kier molecular flexibility index (Phi) is 2.42. The van der Waals surface area contributed by atoms with Crippen molar-refractivity contribution < 1.29 is 5.21 Å². The second-order valence-electron chi connectivity index (χ2n) is 2.15. The molecule has 0 bridgehead atoms. The number of benzene rings is 1. The van der Waals surface area contributed by atoms with Crippen LogP contribution in [0.1, 0.15) is 5.56 Å². The first-order valence-electron chi connectivity index (χ1n) is 3.10. The predicted molar refractivity (Wildman–Crippen MR) is 39.1 cm³/mol. The van der Waals surface area contributed by atoms with Crippen LogP contribution in [0.5, 0.6) is 0 Å². The van der Waals surface area contributed by atoms with Gasteiger partial charge in [-0.15, -0.1) is 0 Å². The third-order valence-electron chi connectivity index (χ3n) is 1.21. The Bertz CT molecular complexity index is 184. The summed E-state index contributed by atoms with van der Waals surface area (Å²) in [5, 5.41) is 9.64. The lowest BCUT2D eigenvalue weighted by atomic mass is 10.2. The van der Waals surface area contributed by atoms with E-state index in [2.05, 4.69) is 7.05 Å². The van der Waals surface area contributed by atoms with E-state index >= 15 is 0 Å². The normalized spacial score (nSPS) is 10.3. The van der Waals surface area contributed by atoms with E-state index in [1.54, 1.807) is 0 Å². The van der Waals surface area contributed by atoms with E-state index in [9.17, 15) is 0 Å². The van der Waals surface area contributed by atoms with Crippen LogP contribution in [0.2, 0.25) is 0 Å². The minimum atomic E-state index is 0.473. The molecule has 53 valence electrons. The number of nitrogens with zero attached hydrogens (tertiary/aromatic N) is 1. The van der Waals surface area contributed by atoms with Gasteiger partial charge in [-0.1, -0.05) is 30.3 Å². The number of rotatable bonds is 2. The van der Waals surface area contributed by atoms with Gasteiger partial charge in [0.1, 0.15) is 0 Å². The number of hydroxylamine groups is 2. The molecule has 0 aliphatic heterocycles. The van der Waals surface area contributed by atoms with E-state index in [4.69, 9.17) is 5.21 Å². The van der Waals surface area contributed by atoms with Crippen molar-refractivity contribution in [2.24, 2.45) is 0 Å². The summed E-state index contributed by atoms with van der Waals surface area (Å²) in [6.07, 6.45) is 0. The molecule has 1 N–H and O–H groups in total. The quantitative estimate of drug-likeness (QED) is 0.625. The minimum absolute atomic E-state index is 0.473. The Morgan fingerprint density at radius 3 is 2.40 bits per heavy atom. The summed E-state index contributed by atoms with van der Waals surface area (Å²) in [5.74, 6) is 0.